The zero-order valence-electron chi connectivity index (χ0n) is 10.8. The molecular weight excluding hydrogens is 280 g/mol. The van der Waals surface area contributed by atoms with E-state index in [1.54, 1.807) is 0 Å². The number of nitrogens with zero attached hydrogens (tertiary/aromatic N) is 4. The van der Waals surface area contributed by atoms with Crippen LogP contribution in [0.2, 0.25) is 0 Å². The van der Waals surface area contributed by atoms with Crippen LogP contribution in [0.3, 0.4) is 0 Å². The highest BCUT2D eigenvalue weighted by atomic mass is 16.6. The second kappa shape index (κ2) is 5.77. The van der Waals surface area contributed by atoms with Gasteiger partial charge < -0.3 is 5.32 Å². The monoisotopic (exact) mass is 290 g/mol. The molecule has 21 heavy (non-hydrogen) atoms. The second-order valence-corrected chi connectivity index (χ2v) is 3.85. The van der Waals surface area contributed by atoms with Gasteiger partial charge in [0.2, 0.25) is 5.69 Å². The Morgan fingerprint density at radius 3 is 2.71 bits per heavy atom. The Morgan fingerprint density at radius 1 is 1.48 bits per heavy atom. The number of nitro benzene ring substituents is 1. The lowest BCUT2D eigenvalue weighted by Gasteiger charge is -1.93. The van der Waals surface area contributed by atoms with Crippen LogP contribution in [-0.2, 0) is 0 Å². The number of H-pyrrole nitrogens is 1. The van der Waals surface area contributed by atoms with Gasteiger partial charge in [-0.15, -0.1) is 9.89 Å². The highest BCUT2D eigenvalue weighted by Crippen LogP contribution is 2.10. The molecule has 10 heteroatoms. The van der Waals surface area contributed by atoms with Crippen molar-refractivity contribution in [1.29, 1.82) is 0 Å². The lowest BCUT2D eigenvalue weighted by molar-refractivity contribution is -0.384. The summed E-state index contributed by atoms with van der Waals surface area (Å²) in [5.74, 6) is -0.625. The number of carbonyl (C=O) groups excluding carboxylic acids is 1. The van der Waals surface area contributed by atoms with Gasteiger partial charge in [0.25, 0.3) is 11.6 Å². The van der Waals surface area contributed by atoms with Crippen LogP contribution in [-0.4, -0.2) is 39.2 Å². The highest BCUT2D eigenvalue weighted by Gasteiger charge is 2.14. The maximum Gasteiger partial charge on any atom is 0.320 e. The first-order valence-electron chi connectivity index (χ1n) is 5.71. The standard InChI is InChI=1S/C11H10N6O4/c1-12-10(18)9-11(19)16(15-14-9)13-6-7-2-4-8(5-3-7)17(20)21/h2-6,15H,1H3,(H,12,18)/b13-6-. The van der Waals surface area contributed by atoms with Crippen molar-refractivity contribution in [3.8, 4) is 0 Å². The Kier molecular flexibility index (Phi) is 3.88. The fraction of sp³-hybridized carbons (Fsp3) is 0.0909. The van der Waals surface area contributed by atoms with E-state index < -0.39 is 16.4 Å². The molecule has 1 amide bonds. The molecule has 2 aromatic rings. The van der Waals surface area contributed by atoms with Crippen LogP contribution in [0.25, 0.3) is 0 Å². The quantitative estimate of drug-likeness (QED) is 0.453. The van der Waals surface area contributed by atoms with Crippen molar-refractivity contribution in [1.82, 2.24) is 20.4 Å². The SMILES string of the molecule is CNC(=O)c1n[nH]n(/N=C\c2ccc([N+](=O)[O-])cc2)c1=O. The number of rotatable bonds is 4. The summed E-state index contributed by atoms with van der Waals surface area (Å²) in [5.41, 5.74) is -0.512. The number of hydrogen-bond donors (Lipinski definition) is 2. The summed E-state index contributed by atoms with van der Waals surface area (Å²) in [6.45, 7) is 0. The predicted molar refractivity (Wildman–Crippen MR) is 72.3 cm³/mol. The molecule has 1 aromatic carbocycles. The van der Waals surface area contributed by atoms with E-state index in [9.17, 15) is 19.7 Å². The molecular formula is C11H10N6O4. The van der Waals surface area contributed by atoms with Crippen molar-refractivity contribution in [3.05, 3.63) is 56.0 Å². The first-order chi connectivity index (χ1) is 10.0. The number of non-ortho nitro benzene ring substituents is 1. The molecule has 0 saturated carbocycles. The molecule has 2 N–H and O–H groups in total. The zero-order chi connectivity index (χ0) is 15.4. The molecule has 0 fully saturated rings. The molecule has 1 heterocycles. The van der Waals surface area contributed by atoms with E-state index in [0.717, 1.165) is 4.79 Å². The summed E-state index contributed by atoms with van der Waals surface area (Å²) in [7, 11) is 1.38. The molecule has 0 aliphatic rings. The summed E-state index contributed by atoms with van der Waals surface area (Å²) < 4.78 is 0. The van der Waals surface area contributed by atoms with Crippen LogP contribution in [0, 0.1) is 10.1 Å². The number of benzene rings is 1. The number of amides is 1. The topological polar surface area (TPSA) is 135 Å². The average molecular weight is 290 g/mol. The third kappa shape index (κ3) is 3.00. The third-order valence-electron chi connectivity index (χ3n) is 2.52. The first-order valence-corrected chi connectivity index (χ1v) is 5.71. The van der Waals surface area contributed by atoms with Crippen molar-refractivity contribution < 1.29 is 9.72 Å². The summed E-state index contributed by atoms with van der Waals surface area (Å²) >= 11 is 0. The Hall–Kier alpha value is -3.30. The first kappa shape index (κ1) is 14.1. The molecule has 0 spiro atoms. The number of hydrogen-bond acceptors (Lipinski definition) is 6. The van der Waals surface area contributed by atoms with Gasteiger partial charge in [0, 0.05) is 19.2 Å². The van der Waals surface area contributed by atoms with Crippen LogP contribution in [0.5, 0.6) is 0 Å². The Balaban J connectivity index is 2.22. The summed E-state index contributed by atoms with van der Waals surface area (Å²) in [4.78, 5) is 33.8. The molecule has 0 atom stereocenters. The minimum absolute atomic E-state index is 0.0484. The second-order valence-electron chi connectivity index (χ2n) is 3.85. The summed E-state index contributed by atoms with van der Waals surface area (Å²) in [6.07, 6.45) is 1.30. The van der Waals surface area contributed by atoms with Gasteiger partial charge in [-0.2, -0.15) is 10.3 Å². The molecule has 10 nitrogen and oxygen atoms in total. The Morgan fingerprint density at radius 2 is 2.14 bits per heavy atom. The maximum atomic E-state index is 11.7. The molecule has 108 valence electrons. The zero-order valence-corrected chi connectivity index (χ0v) is 10.8. The van der Waals surface area contributed by atoms with Crippen molar-refractivity contribution in [2.75, 3.05) is 7.05 Å². The predicted octanol–water partition coefficient (Wildman–Crippen LogP) is -0.279. The molecule has 0 bridgehead atoms. The van der Waals surface area contributed by atoms with Gasteiger partial charge in [0.15, 0.2) is 0 Å². The number of carbonyl (C=O) groups is 1. The van der Waals surface area contributed by atoms with E-state index in [2.05, 4.69) is 20.7 Å². The van der Waals surface area contributed by atoms with E-state index >= 15 is 0 Å². The molecule has 0 aliphatic heterocycles. The highest BCUT2D eigenvalue weighted by molar-refractivity contribution is 5.91. The van der Waals surface area contributed by atoms with E-state index in [-0.39, 0.29) is 11.4 Å². The molecule has 0 unspecified atom stereocenters. The van der Waals surface area contributed by atoms with Crippen molar-refractivity contribution in [2.45, 2.75) is 0 Å². The fourth-order valence-electron chi connectivity index (χ4n) is 1.44. The van der Waals surface area contributed by atoms with Gasteiger partial charge in [-0.1, -0.05) is 0 Å². The lowest BCUT2D eigenvalue weighted by Crippen LogP contribution is -2.26. The van der Waals surface area contributed by atoms with Gasteiger partial charge in [0.05, 0.1) is 11.1 Å². The average Bonchev–Trinajstić information content (AvgIpc) is 2.86. The minimum Gasteiger partial charge on any atom is -0.354 e. The van der Waals surface area contributed by atoms with E-state index in [1.807, 2.05) is 0 Å². The van der Waals surface area contributed by atoms with Crippen LogP contribution < -0.4 is 10.9 Å². The van der Waals surface area contributed by atoms with E-state index in [0.29, 0.717) is 5.56 Å². The van der Waals surface area contributed by atoms with Gasteiger partial charge >= 0.3 is 5.56 Å². The van der Waals surface area contributed by atoms with Crippen LogP contribution >= 0.6 is 0 Å². The normalized spacial score (nSPS) is 10.7. The summed E-state index contributed by atoms with van der Waals surface area (Å²) in [5, 5.41) is 22.4. The third-order valence-corrected chi connectivity index (χ3v) is 2.52. The van der Waals surface area contributed by atoms with Crippen LogP contribution in [0.15, 0.2) is 34.2 Å². The Labute approximate surface area is 117 Å². The lowest BCUT2D eigenvalue weighted by atomic mass is 10.2. The van der Waals surface area contributed by atoms with E-state index in [4.69, 9.17) is 0 Å². The van der Waals surface area contributed by atoms with Crippen LogP contribution in [0.1, 0.15) is 16.1 Å². The molecule has 0 aliphatic carbocycles. The molecule has 0 saturated heterocycles. The molecule has 2 rings (SSSR count). The number of nitro groups is 1. The molecule has 1 aromatic heterocycles. The smallest absolute Gasteiger partial charge is 0.320 e. The van der Waals surface area contributed by atoms with Crippen molar-refractivity contribution >= 4 is 17.8 Å². The minimum atomic E-state index is -0.701. The number of aromatic nitrogens is 3. The van der Waals surface area contributed by atoms with E-state index in [1.165, 1.54) is 37.5 Å². The molecule has 0 radical (unpaired) electrons. The van der Waals surface area contributed by atoms with Crippen molar-refractivity contribution in [2.24, 2.45) is 5.10 Å². The maximum absolute atomic E-state index is 11.7. The largest absolute Gasteiger partial charge is 0.354 e. The number of nitrogens with one attached hydrogen (secondary N) is 2. The van der Waals surface area contributed by atoms with Crippen molar-refractivity contribution in [3.63, 3.8) is 0 Å². The summed E-state index contributed by atoms with van der Waals surface area (Å²) in [6, 6.07) is 5.57. The Bertz CT molecular complexity index is 758. The van der Waals surface area contributed by atoms with Gasteiger partial charge in [-0.05, 0) is 17.7 Å². The number of aromatic amines is 1. The van der Waals surface area contributed by atoms with Gasteiger partial charge in [0.1, 0.15) is 0 Å². The fourth-order valence-corrected chi connectivity index (χ4v) is 1.44. The van der Waals surface area contributed by atoms with Crippen LogP contribution in [0.4, 0.5) is 5.69 Å². The van der Waals surface area contributed by atoms with Gasteiger partial charge in [-0.3, -0.25) is 19.7 Å². The van der Waals surface area contributed by atoms with Gasteiger partial charge in [-0.25, -0.2) is 0 Å².